The van der Waals surface area contributed by atoms with Crippen molar-refractivity contribution in [2.45, 2.75) is 6.92 Å². The molecule has 4 saturated heterocycles. The zero-order chi connectivity index (χ0) is 20.0. The first-order valence-electron chi connectivity index (χ1n) is 9.93. The second-order valence-electron chi connectivity index (χ2n) is 8.48. The minimum atomic E-state index is -0.404. The van der Waals surface area contributed by atoms with E-state index in [0.29, 0.717) is 0 Å². The molecule has 7 nitrogen and oxygen atoms in total. The Morgan fingerprint density at radius 2 is 1.55 bits per heavy atom. The number of nitrogens with one attached hydrogen (secondary N) is 1. The molecule has 0 aromatic heterocycles. The van der Waals surface area contributed by atoms with Crippen molar-refractivity contribution in [3.8, 4) is 5.75 Å². The predicted molar refractivity (Wildman–Crippen MR) is 110 cm³/mol. The third kappa shape index (κ3) is 3.31. The number of carbonyl (C=O) groups excluding carboxylic acids is 1. The number of carbonyl (C=O) groups is 1. The van der Waals surface area contributed by atoms with Crippen molar-refractivity contribution in [1.82, 2.24) is 20.1 Å². The number of hydrazone groups is 1. The average molecular weight is 391 g/mol. The maximum absolute atomic E-state index is 12.7. The highest BCUT2D eigenvalue weighted by atomic mass is 16.3. The van der Waals surface area contributed by atoms with E-state index in [4.69, 9.17) is 0 Å². The van der Waals surface area contributed by atoms with Gasteiger partial charge in [0.2, 0.25) is 0 Å². The number of hydrogen-bond donors (Lipinski definition) is 2. The summed E-state index contributed by atoms with van der Waals surface area (Å²) in [5.74, 6) is -0.450. The molecule has 0 spiro atoms. The molecule has 0 atom stereocenters. The Labute approximate surface area is 170 Å². The van der Waals surface area contributed by atoms with Gasteiger partial charge in [0.25, 0.3) is 5.91 Å². The van der Waals surface area contributed by atoms with Crippen LogP contribution in [0.5, 0.6) is 5.75 Å². The second-order valence-corrected chi connectivity index (χ2v) is 8.48. The number of amides is 1. The van der Waals surface area contributed by atoms with Gasteiger partial charge in [0.15, 0.2) is 0 Å². The van der Waals surface area contributed by atoms with E-state index in [1.807, 2.05) is 0 Å². The van der Waals surface area contributed by atoms with Crippen LogP contribution in [0.4, 0.5) is 0 Å². The highest BCUT2D eigenvalue weighted by molar-refractivity contribution is 6.07. The van der Waals surface area contributed by atoms with Crippen LogP contribution in [0.15, 0.2) is 53.6 Å². The first-order valence-corrected chi connectivity index (χ1v) is 9.93. The lowest BCUT2D eigenvalue weighted by atomic mass is 9.74. The lowest BCUT2D eigenvalue weighted by Gasteiger charge is -2.60. The molecule has 2 aromatic rings. The molecule has 150 valence electrons. The van der Waals surface area contributed by atoms with E-state index in [1.165, 1.54) is 11.6 Å². The zero-order valence-corrected chi connectivity index (χ0v) is 16.5. The van der Waals surface area contributed by atoms with E-state index in [9.17, 15) is 9.90 Å². The average Bonchev–Trinajstić information content (AvgIpc) is 2.68. The summed E-state index contributed by atoms with van der Waals surface area (Å²) in [6.07, 6.45) is 0. The Kier molecular flexibility index (Phi) is 4.38. The zero-order valence-electron chi connectivity index (χ0n) is 16.5. The molecule has 4 fully saturated rings. The van der Waals surface area contributed by atoms with E-state index >= 15 is 0 Å². The van der Waals surface area contributed by atoms with Crippen molar-refractivity contribution in [2.75, 3.05) is 39.6 Å². The van der Waals surface area contributed by atoms with E-state index < -0.39 is 5.91 Å². The molecular formula is C22H25N5O2. The maximum atomic E-state index is 12.7. The summed E-state index contributed by atoms with van der Waals surface area (Å²) in [5.41, 5.74) is 5.90. The Hall–Kier alpha value is -2.74. The lowest BCUT2D eigenvalue weighted by molar-refractivity contribution is -0.149. The lowest BCUT2D eigenvalue weighted by Crippen LogP contribution is -2.74. The number of benzene rings is 2. The molecule has 1 amide bonds. The number of para-hydroxylation sites is 1. The van der Waals surface area contributed by atoms with Crippen molar-refractivity contribution in [3.05, 3.63) is 65.2 Å². The van der Waals surface area contributed by atoms with Gasteiger partial charge in [0.1, 0.15) is 5.75 Å². The minimum Gasteiger partial charge on any atom is -0.507 e. The van der Waals surface area contributed by atoms with Gasteiger partial charge >= 0.3 is 0 Å². The molecule has 2 aromatic carbocycles. The van der Waals surface area contributed by atoms with Gasteiger partial charge in [-0.05, 0) is 24.6 Å². The van der Waals surface area contributed by atoms with Crippen molar-refractivity contribution in [2.24, 2.45) is 10.5 Å². The van der Waals surface area contributed by atoms with Crippen LogP contribution in [0.2, 0.25) is 0 Å². The molecule has 7 heteroatoms. The summed E-state index contributed by atoms with van der Waals surface area (Å²) in [4.78, 5) is 20.0. The van der Waals surface area contributed by atoms with Gasteiger partial charge in [-0.2, -0.15) is 5.10 Å². The van der Waals surface area contributed by atoms with Crippen molar-refractivity contribution < 1.29 is 9.90 Å². The highest BCUT2D eigenvalue weighted by Crippen LogP contribution is 2.38. The largest absolute Gasteiger partial charge is 0.507 e. The first-order chi connectivity index (χ1) is 14.0. The molecule has 29 heavy (non-hydrogen) atoms. The Bertz CT molecular complexity index is 934. The number of phenolic OH excluding ortho intramolecular Hbond substituents is 1. The summed E-state index contributed by atoms with van der Waals surface area (Å²) < 4.78 is 0. The standard InChI is InChI=1S/C22H25N5O2/c1-16-6-8-17(9-7-16)20(23-24-21(29)18-4-2-3-5-19(18)28)22-10-25-13-26(11-22)15-27(12-22)14-25/h2-9,28H,10-15H2,1H3,(H,24,29)/b23-20+. The monoisotopic (exact) mass is 391 g/mol. The van der Waals surface area contributed by atoms with E-state index in [2.05, 4.69) is 56.4 Å². The van der Waals surface area contributed by atoms with Crippen molar-refractivity contribution in [3.63, 3.8) is 0 Å². The third-order valence-corrected chi connectivity index (χ3v) is 6.02. The molecule has 4 aliphatic rings. The fourth-order valence-electron chi connectivity index (χ4n) is 4.97. The summed E-state index contributed by atoms with van der Waals surface area (Å²) >= 11 is 0. The predicted octanol–water partition coefficient (Wildman–Crippen LogP) is 1.64. The Morgan fingerprint density at radius 3 is 2.14 bits per heavy atom. The quantitative estimate of drug-likeness (QED) is 0.613. The summed E-state index contributed by atoms with van der Waals surface area (Å²) in [7, 11) is 0. The molecule has 6 rings (SSSR count). The van der Waals surface area contributed by atoms with Crippen LogP contribution >= 0.6 is 0 Å². The molecule has 2 N–H and O–H groups in total. The second kappa shape index (κ2) is 6.95. The van der Waals surface area contributed by atoms with Crippen molar-refractivity contribution in [1.29, 1.82) is 0 Å². The van der Waals surface area contributed by atoms with Crippen LogP contribution in [0.1, 0.15) is 21.5 Å². The third-order valence-electron chi connectivity index (χ3n) is 6.02. The van der Waals surface area contributed by atoms with Gasteiger partial charge in [-0.25, -0.2) is 5.43 Å². The number of aromatic hydroxyl groups is 1. The molecule has 4 aliphatic heterocycles. The van der Waals surface area contributed by atoms with Crippen LogP contribution in [0.3, 0.4) is 0 Å². The fraction of sp³-hybridized carbons (Fsp3) is 0.364. The number of phenols is 1. The van der Waals surface area contributed by atoms with Gasteiger partial charge < -0.3 is 5.11 Å². The molecule has 0 unspecified atom stereocenters. The van der Waals surface area contributed by atoms with E-state index in [-0.39, 0.29) is 16.7 Å². The van der Waals surface area contributed by atoms with Crippen LogP contribution < -0.4 is 5.43 Å². The smallest absolute Gasteiger partial charge is 0.275 e. The van der Waals surface area contributed by atoms with Gasteiger partial charge in [0.05, 0.1) is 36.7 Å². The van der Waals surface area contributed by atoms with Gasteiger partial charge in [0, 0.05) is 19.6 Å². The van der Waals surface area contributed by atoms with Crippen LogP contribution in [0.25, 0.3) is 0 Å². The van der Waals surface area contributed by atoms with Crippen LogP contribution in [0, 0.1) is 12.3 Å². The van der Waals surface area contributed by atoms with E-state index in [1.54, 1.807) is 18.2 Å². The maximum Gasteiger partial charge on any atom is 0.275 e. The fourth-order valence-corrected chi connectivity index (χ4v) is 4.97. The number of hydrogen-bond acceptors (Lipinski definition) is 6. The molecular weight excluding hydrogens is 366 g/mol. The van der Waals surface area contributed by atoms with Gasteiger partial charge in [-0.15, -0.1) is 0 Å². The SMILES string of the molecule is Cc1ccc(/C(=N\NC(=O)c2ccccc2O)C23CN4CN(CN(C4)C2)C3)cc1. The topological polar surface area (TPSA) is 71.4 Å². The number of nitrogens with zero attached hydrogens (tertiary/aromatic N) is 4. The summed E-state index contributed by atoms with van der Waals surface area (Å²) in [5, 5.41) is 14.7. The van der Waals surface area contributed by atoms with Crippen LogP contribution in [-0.2, 0) is 0 Å². The molecule has 0 aliphatic carbocycles. The molecule has 4 bridgehead atoms. The van der Waals surface area contributed by atoms with Gasteiger partial charge in [-0.1, -0.05) is 42.0 Å². The van der Waals surface area contributed by atoms with E-state index in [0.717, 1.165) is 50.9 Å². The minimum absolute atomic E-state index is 0.0461. The first kappa shape index (κ1) is 18.3. The summed E-state index contributed by atoms with van der Waals surface area (Å²) in [6, 6.07) is 14.9. The van der Waals surface area contributed by atoms with Crippen LogP contribution in [-0.4, -0.2) is 71.1 Å². The highest BCUT2D eigenvalue weighted by Gasteiger charge is 2.51. The van der Waals surface area contributed by atoms with Gasteiger partial charge in [-0.3, -0.25) is 19.5 Å². The Balaban J connectivity index is 1.51. The number of aryl methyl sites for hydroxylation is 1. The number of rotatable bonds is 4. The molecule has 0 saturated carbocycles. The van der Waals surface area contributed by atoms with Crippen molar-refractivity contribution >= 4 is 11.6 Å². The molecule has 0 radical (unpaired) electrons. The Morgan fingerprint density at radius 1 is 0.966 bits per heavy atom. The normalized spacial score (nSPS) is 30.4. The molecule has 4 heterocycles. The summed E-state index contributed by atoms with van der Waals surface area (Å²) in [6.45, 7) is 7.82.